The topological polar surface area (TPSA) is 140 Å². The fourth-order valence-electron chi connectivity index (χ4n) is 4.85. The lowest BCUT2D eigenvalue weighted by molar-refractivity contribution is -0.158. The quantitative estimate of drug-likeness (QED) is 0.317. The zero-order chi connectivity index (χ0) is 33.3. The van der Waals surface area contributed by atoms with Crippen LogP contribution in [0.4, 0.5) is 4.79 Å². The lowest BCUT2D eigenvalue weighted by Gasteiger charge is -2.35. The summed E-state index contributed by atoms with van der Waals surface area (Å²) in [5.41, 5.74) is 2.51. The molecule has 0 unspecified atom stereocenters. The van der Waals surface area contributed by atoms with Crippen molar-refractivity contribution < 1.29 is 33.5 Å². The van der Waals surface area contributed by atoms with Gasteiger partial charge in [-0.2, -0.15) is 0 Å². The van der Waals surface area contributed by atoms with Crippen molar-refractivity contribution in [1.82, 2.24) is 25.2 Å². The molecule has 1 saturated heterocycles. The third-order valence-electron chi connectivity index (χ3n) is 6.98. The summed E-state index contributed by atoms with van der Waals surface area (Å²) in [6, 6.07) is 17.6. The summed E-state index contributed by atoms with van der Waals surface area (Å²) >= 11 is 0. The molecule has 1 N–H and O–H groups in total. The lowest BCUT2D eigenvalue weighted by atomic mass is 10.1. The summed E-state index contributed by atoms with van der Waals surface area (Å²) in [7, 11) is 0. The van der Waals surface area contributed by atoms with Gasteiger partial charge in [0, 0.05) is 30.6 Å². The van der Waals surface area contributed by atoms with Crippen molar-refractivity contribution in [2.24, 2.45) is 0 Å². The molecule has 0 spiro atoms. The number of rotatable bonds is 10. The molecule has 1 fully saturated rings. The van der Waals surface area contributed by atoms with Gasteiger partial charge < -0.3 is 24.5 Å². The predicted octanol–water partition coefficient (Wildman–Crippen LogP) is 4.57. The van der Waals surface area contributed by atoms with Crippen molar-refractivity contribution in [3.8, 4) is 22.6 Å². The summed E-state index contributed by atoms with van der Waals surface area (Å²) in [5, 5.41) is 4.26. The maximum atomic E-state index is 13.8. The molecule has 0 aliphatic carbocycles. The second kappa shape index (κ2) is 15.4. The monoisotopic (exact) mass is 631 g/mol. The Labute approximate surface area is 269 Å². The summed E-state index contributed by atoms with van der Waals surface area (Å²) in [4.78, 5) is 68.0. The van der Waals surface area contributed by atoms with Crippen LogP contribution >= 0.6 is 0 Å². The Morgan fingerprint density at radius 2 is 1.61 bits per heavy atom. The van der Waals surface area contributed by atoms with E-state index >= 15 is 0 Å². The number of nitrogens with zero attached hydrogens (tertiary/aromatic N) is 4. The number of aromatic nitrogens is 2. The third kappa shape index (κ3) is 9.83. The fraction of sp³-hybridized carbons (Fsp3) is 0.412. The number of nitrogens with one attached hydrogen (secondary N) is 1. The van der Waals surface area contributed by atoms with E-state index in [2.05, 4.69) is 10.3 Å². The van der Waals surface area contributed by atoms with Crippen LogP contribution in [0.25, 0.3) is 22.6 Å². The Bertz CT molecular complexity index is 1530. The molecule has 12 heteroatoms. The highest BCUT2D eigenvalue weighted by Gasteiger charge is 2.31. The van der Waals surface area contributed by atoms with Gasteiger partial charge in [0.2, 0.25) is 5.91 Å². The average Bonchev–Trinajstić information content (AvgIpc) is 3.02. The van der Waals surface area contributed by atoms with E-state index in [0.29, 0.717) is 11.5 Å². The second-order valence-corrected chi connectivity index (χ2v) is 11.9. The first kappa shape index (κ1) is 34.0. The molecule has 0 saturated carbocycles. The van der Waals surface area contributed by atoms with Gasteiger partial charge in [-0.05, 0) is 53.2 Å². The number of hydrogen-bond acceptors (Lipinski definition) is 10. The first-order valence-electron chi connectivity index (χ1n) is 15.3. The van der Waals surface area contributed by atoms with Gasteiger partial charge in [0.25, 0.3) is 5.91 Å². The number of piperazine rings is 1. The number of esters is 1. The van der Waals surface area contributed by atoms with Gasteiger partial charge in [0.1, 0.15) is 17.3 Å². The number of benzene rings is 2. The standard InChI is InChI=1S/C34H41N5O7/c1-6-44-33(43)46-39-19-17-38(18-20-39)32(42)26(15-16-29(40)45-34(3,4)5)37-31(41)28-22-27(25-14-10-11-23(2)21-25)35-30(36-28)24-12-8-7-9-13-24/h7-14,21-22,26H,6,15-20H2,1-5H3,(H,37,41)/t26-/m0/s1. The number of hydroxylamine groups is 2. The summed E-state index contributed by atoms with van der Waals surface area (Å²) in [6.45, 7) is 10.1. The van der Waals surface area contributed by atoms with Crippen LogP contribution in [0.15, 0.2) is 60.7 Å². The van der Waals surface area contributed by atoms with Crippen molar-refractivity contribution in [3.05, 3.63) is 71.9 Å². The van der Waals surface area contributed by atoms with Crippen LogP contribution in [0.2, 0.25) is 0 Å². The number of carbonyl (C=O) groups is 4. The second-order valence-electron chi connectivity index (χ2n) is 11.9. The smallest absolute Gasteiger partial charge is 0.460 e. The summed E-state index contributed by atoms with van der Waals surface area (Å²) in [6.07, 6.45) is -0.886. The first-order chi connectivity index (χ1) is 21.9. The molecule has 0 radical (unpaired) electrons. The zero-order valence-electron chi connectivity index (χ0n) is 26.9. The highest BCUT2D eigenvalue weighted by atomic mass is 16.8. The van der Waals surface area contributed by atoms with Gasteiger partial charge in [0.15, 0.2) is 5.82 Å². The van der Waals surface area contributed by atoms with E-state index in [9.17, 15) is 19.2 Å². The molecule has 2 amide bonds. The van der Waals surface area contributed by atoms with Gasteiger partial charge in [-0.25, -0.2) is 14.8 Å². The Morgan fingerprint density at radius 1 is 0.913 bits per heavy atom. The number of amides is 2. The number of aryl methyl sites for hydroxylation is 1. The molecule has 2 heterocycles. The molecule has 46 heavy (non-hydrogen) atoms. The van der Waals surface area contributed by atoms with Crippen LogP contribution in [-0.4, -0.2) is 88.3 Å². The summed E-state index contributed by atoms with van der Waals surface area (Å²) in [5.74, 6) is -1.08. The highest BCUT2D eigenvalue weighted by Crippen LogP contribution is 2.24. The van der Waals surface area contributed by atoms with Crippen molar-refractivity contribution in [3.63, 3.8) is 0 Å². The Morgan fingerprint density at radius 3 is 2.26 bits per heavy atom. The van der Waals surface area contributed by atoms with E-state index in [0.717, 1.165) is 16.7 Å². The van der Waals surface area contributed by atoms with Gasteiger partial charge in [-0.3, -0.25) is 14.4 Å². The average molecular weight is 632 g/mol. The predicted molar refractivity (Wildman–Crippen MR) is 170 cm³/mol. The van der Waals surface area contributed by atoms with E-state index in [1.807, 2.05) is 61.5 Å². The van der Waals surface area contributed by atoms with Crippen LogP contribution in [-0.2, 0) is 23.9 Å². The third-order valence-corrected chi connectivity index (χ3v) is 6.98. The Kier molecular flexibility index (Phi) is 11.4. The molecule has 12 nitrogen and oxygen atoms in total. The number of hydrogen-bond donors (Lipinski definition) is 1. The van der Waals surface area contributed by atoms with Crippen LogP contribution in [0.3, 0.4) is 0 Å². The largest absolute Gasteiger partial charge is 0.527 e. The minimum absolute atomic E-state index is 0.0143. The van der Waals surface area contributed by atoms with Crippen LogP contribution < -0.4 is 5.32 Å². The first-order valence-corrected chi connectivity index (χ1v) is 15.3. The molecule has 244 valence electrons. The van der Waals surface area contributed by atoms with Crippen LogP contribution in [0.1, 0.15) is 56.6 Å². The maximum Gasteiger partial charge on any atom is 0.527 e. The zero-order valence-corrected chi connectivity index (χ0v) is 26.9. The van der Waals surface area contributed by atoms with E-state index in [-0.39, 0.29) is 57.2 Å². The van der Waals surface area contributed by atoms with Crippen LogP contribution in [0.5, 0.6) is 0 Å². The van der Waals surface area contributed by atoms with Crippen molar-refractivity contribution in [1.29, 1.82) is 0 Å². The molecule has 1 aliphatic heterocycles. The molecule has 3 aromatic rings. The van der Waals surface area contributed by atoms with Gasteiger partial charge in [-0.15, -0.1) is 5.06 Å². The van der Waals surface area contributed by atoms with E-state index < -0.39 is 29.7 Å². The minimum Gasteiger partial charge on any atom is -0.460 e. The van der Waals surface area contributed by atoms with Crippen LogP contribution in [0, 0.1) is 6.92 Å². The number of ether oxygens (including phenoxy) is 2. The molecule has 1 atom stereocenters. The summed E-state index contributed by atoms with van der Waals surface area (Å²) < 4.78 is 10.3. The SMILES string of the molecule is CCOC(=O)ON1CCN(C(=O)[C@H](CCC(=O)OC(C)(C)C)NC(=O)c2cc(-c3cccc(C)c3)nc(-c3ccccc3)n2)CC1. The van der Waals surface area contributed by atoms with E-state index in [1.165, 1.54) is 5.06 Å². The maximum absolute atomic E-state index is 13.8. The Balaban J connectivity index is 1.58. The molecule has 4 rings (SSSR count). The normalized spacial score (nSPS) is 14.2. The van der Waals surface area contributed by atoms with E-state index in [1.54, 1.807) is 38.7 Å². The molecular formula is C34H41N5O7. The molecule has 1 aromatic heterocycles. The molecule has 2 aromatic carbocycles. The lowest BCUT2D eigenvalue weighted by Crippen LogP contribution is -2.55. The minimum atomic E-state index is -1.05. The van der Waals surface area contributed by atoms with Crippen molar-refractivity contribution in [2.75, 3.05) is 32.8 Å². The number of carbonyl (C=O) groups excluding carboxylic acids is 4. The fourth-order valence-corrected chi connectivity index (χ4v) is 4.85. The Hall–Kier alpha value is -4.84. The highest BCUT2D eigenvalue weighted by molar-refractivity contribution is 5.97. The van der Waals surface area contributed by atoms with Gasteiger partial charge >= 0.3 is 12.1 Å². The molecular weight excluding hydrogens is 590 g/mol. The van der Waals surface area contributed by atoms with Crippen molar-refractivity contribution in [2.45, 2.75) is 59.1 Å². The molecule has 1 aliphatic rings. The van der Waals surface area contributed by atoms with Gasteiger partial charge in [-0.1, -0.05) is 54.1 Å². The van der Waals surface area contributed by atoms with Gasteiger partial charge in [0.05, 0.1) is 25.4 Å². The van der Waals surface area contributed by atoms with E-state index in [4.69, 9.17) is 19.3 Å². The van der Waals surface area contributed by atoms with Crippen molar-refractivity contribution >= 4 is 23.9 Å². The molecule has 0 bridgehead atoms.